The zero-order valence-electron chi connectivity index (χ0n) is 11.5. The van der Waals surface area contributed by atoms with E-state index < -0.39 is 0 Å². The number of aliphatic hydroxyl groups excluding tert-OH is 1. The highest BCUT2D eigenvalue weighted by atomic mass is 16.3. The lowest BCUT2D eigenvalue weighted by Crippen LogP contribution is -2.39. The van der Waals surface area contributed by atoms with Crippen LogP contribution in [0.3, 0.4) is 0 Å². The number of amides is 2. The maximum atomic E-state index is 12.0. The van der Waals surface area contributed by atoms with Crippen molar-refractivity contribution in [2.45, 2.75) is 33.6 Å². The largest absolute Gasteiger partial charge is 0.396 e. The summed E-state index contributed by atoms with van der Waals surface area (Å²) in [6.45, 7) is 7.77. The minimum Gasteiger partial charge on any atom is -0.396 e. The second kappa shape index (κ2) is 6.18. The van der Waals surface area contributed by atoms with Crippen LogP contribution in [0.2, 0.25) is 0 Å². The molecular formula is C13H24N2O3. The smallest absolute Gasteiger partial charge is 0.225 e. The van der Waals surface area contributed by atoms with E-state index in [4.69, 9.17) is 5.11 Å². The molecule has 1 rings (SSSR count). The number of carbonyl (C=O) groups is 2. The molecule has 1 saturated heterocycles. The van der Waals surface area contributed by atoms with Crippen molar-refractivity contribution in [3.05, 3.63) is 0 Å². The summed E-state index contributed by atoms with van der Waals surface area (Å²) < 4.78 is 0. The van der Waals surface area contributed by atoms with Gasteiger partial charge in [0, 0.05) is 32.7 Å². The highest BCUT2D eigenvalue weighted by Crippen LogP contribution is 2.20. The van der Waals surface area contributed by atoms with Crippen molar-refractivity contribution in [3.63, 3.8) is 0 Å². The number of aliphatic hydroxyl groups is 1. The number of likely N-dealkylation sites (tertiary alicyclic amines) is 1. The van der Waals surface area contributed by atoms with E-state index in [1.54, 1.807) is 4.90 Å². The Bertz CT molecular complexity index is 315. The van der Waals surface area contributed by atoms with Crippen LogP contribution in [0.4, 0.5) is 0 Å². The lowest BCUT2D eigenvalue weighted by molar-refractivity contribution is -0.129. The van der Waals surface area contributed by atoms with Crippen molar-refractivity contribution in [2.24, 2.45) is 11.3 Å². The Morgan fingerprint density at radius 1 is 1.56 bits per heavy atom. The van der Waals surface area contributed by atoms with Crippen LogP contribution in [0.25, 0.3) is 0 Å². The number of carbonyl (C=O) groups excluding carboxylic acids is 2. The minimum atomic E-state index is -0.220. The number of hydrogen-bond donors (Lipinski definition) is 2. The highest BCUT2D eigenvalue weighted by molar-refractivity contribution is 5.89. The summed E-state index contributed by atoms with van der Waals surface area (Å²) in [4.78, 5) is 25.2. The quantitative estimate of drug-likeness (QED) is 0.722. The Morgan fingerprint density at radius 3 is 2.72 bits per heavy atom. The maximum Gasteiger partial charge on any atom is 0.225 e. The third-order valence-corrected chi connectivity index (χ3v) is 3.50. The third kappa shape index (κ3) is 3.98. The van der Waals surface area contributed by atoms with E-state index in [0.717, 1.165) is 0 Å². The maximum absolute atomic E-state index is 12.0. The van der Waals surface area contributed by atoms with Crippen molar-refractivity contribution >= 4 is 11.8 Å². The highest BCUT2D eigenvalue weighted by Gasteiger charge is 2.33. The molecule has 0 aliphatic carbocycles. The molecule has 0 bridgehead atoms. The lowest BCUT2D eigenvalue weighted by atomic mass is 9.89. The van der Waals surface area contributed by atoms with Gasteiger partial charge in [0.2, 0.25) is 11.8 Å². The monoisotopic (exact) mass is 256 g/mol. The average Bonchev–Trinajstić information content (AvgIpc) is 2.67. The summed E-state index contributed by atoms with van der Waals surface area (Å²) in [6, 6.07) is 0. The molecule has 1 aliphatic rings. The molecule has 1 fully saturated rings. The van der Waals surface area contributed by atoms with Crippen LogP contribution < -0.4 is 5.32 Å². The molecule has 1 unspecified atom stereocenters. The second-order valence-corrected chi connectivity index (χ2v) is 5.69. The van der Waals surface area contributed by atoms with E-state index in [0.29, 0.717) is 32.5 Å². The Kier molecular flexibility index (Phi) is 5.14. The first-order valence-electron chi connectivity index (χ1n) is 6.56. The molecule has 104 valence electrons. The van der Waals surface area contributed by atoms with Gasteiger partial charge in [-0.2, -0.15) is 0 Å². The van der Waals surface area contributed by atoms with Gasteiger partial charge >= 0.3 is 0 Å². The molecule has 1 heterocycles. The first-order chi connectivity index (χ1) is 8.39. The minimum absolute atomic E-state index is 0.0506. The van der Waals surface area contributed by atoms with Gasteiger partial charge in [0.05, 0.1) is 5.92 Å². The van der Waals surface area contributed by atoms with Crippen LogP contribution in [-0.4, -0.2) is 48.1 Å². The SMILES string of the molecule is CCN1CC(C(=O)NCC(C)(C)CCO)CC1=O. The van der Waals surface area contributed by atoms with Crippen LogP contribution in [0.15, 0.2) is 0 Å². The third-order valence-electron chi connectivity index (χ3n) is 3.50. The van der Waals surface area contributed by atoms with Crippen molar-refractivity contribution in [1.82, 2.24) is 10.2 Å². The van der Waals surface area contributed by atoms with Gasteiger partial charge in [0.15, 0.2) is 0 Å². The molecular weight excluding hydrogens is 232 g/mol. The summed E-state index contributed by atoms with van der Waals surface area (Å²) in [5, 5.41) is 11.8. The van der Waals surface area contributed by atoms with Gasteiger partial charge in [0.1, 0.15) is 0 Å². The Labute approximate surface area is 109 Å². The fourth-order valence-corrected chi connectivity index (χ4v) is 2.12. The number of nitrogens with one attached hydrogen (secondary N) is 1. The van der Waals surface area contributed by atoms with E-state index in [9.17, 15) is 9.59 Å². The standard InChI is InChI=1S/C13H24N2O3/c1-4-15-8-10(7-11(15)17)12(18)14-9-13(2,3)5-6-16/h10,16H,4-9H2,1-3H3,(H,14,18). The zero-order chi connectivity index (χ0) is 13.8. The molecule has 5 heteroatoms. The number of rotatable bonds is 6. The van der Waals surface area contributed by atoms with E-state index >= 15 is 0 Å². The molecule has 18 heavy (non-hydrogen) atoms. The first kappa shape index (κ1) is 15.0. The van der Waals surface area contributed by atoms with Crippen molar-refractivity contribution in [3.8, 4) is 0 Å². The van der Waals surface area contributed by atoms with Crippen LogP contribution in [0, 0.1) is 11.3 Å². The summed E-state index contributed by atoms with van der Waals surface area (Å²) in [5.41, 5.74) is -0.114. The molecule has 2 amide bonds. The van der Waals surface area contributed by atoms with Gasteiger partial charge in [-0.1, -0.05) is 13.8 Å². The van der Waals surface area contributed by atoms with Gasteiger partial charge in [-0.25, -0.2) is 0 Å². The summed E-state index contributed by atoms with van der Waals surface area (Å²) >= 11 is 0. The molecule has 0 saturated carbocycles. The van der Waals surface area contributed by atoms with Crippen LogP contribution in [0.1, 0.15) is 33.6 Å². The van der Waals surface area contributed by atoms with E-state index in [1.807, 2.05) is 20.8 Å². The summed E-state index contributed by atoms with van der Waals surface area (Å²) in [6.07, 6.45) is 0.970. The lowest BCUT2D eigenvalue weighted by Gasteiger charge is -2.24. The summed E-state index contributed by atoms with van der Waals surface area (Å²) in [7, 11) is 0. The van der Waals surface area contributed by atoms with E-state index in [-0.39, 0.29) is 29.8 Å². The predicted octanol–water partition coefficient (Wildman–Crippen LogP) is 0.380. The van der Waals surface area contributed by atoms with Crippen molar-refractivity contribution < 1.29 is 14.7 Å². The van der Waals surface area contributed by atoms with E-state index in [2.05, 4.69) is 5.32 Å². The number of nitrogens with zero attached hydrogens (tertiary/aromatic N) is 1. The Morgan fingerprint density at radius 2 is 2.22 bits per heavy atom. The fourth-order valence-electron chi connectivity index (χ4n) is 2.12. The Hall–Kier alpha value is -1.10. The molecule has 0 aromatic rings. The molecule has 0 spiro atoms. The van der Waals surface area contributed by atoms with Crippen LogP contribution >= 0.6 is 0 Å². The molecule has 2 N–H and O–H groups in total. The number of hydrogen-bond acceptors (Lipinski definition) is 3. The molecule has 1 aliphatic heterocycles. The zero-order valence-corrected chi connectivity index (χ0v) is 11.5. The summed E-state index contributed by atoms with van der Waals surface area (Å²) in [5.74, 6) is -0.208. The van der Waals surface area contributed by atoms with Crippen molar-refractivity contribution in [1.29, 1.82) is 0 Å². The van der Waals surface area contributed by atoms with Gasteiger partial charge in [-0.05, 0) is 18.8 Å². The predicted molar refractivity (Wildman–Crippen MR) is 68.9 cm³/mol. The van der Waals surface area contributed by atoms with Gasteiger partial charge in [-0.15, -0.1) is 0 Å². The molecule has 1 atom stereocenters. The topological polar surface area (TPSA) is 69.6 Å². The molecule has 0 aromatic carbocycles. The molecule has 0 aromatic heterocycles. The first-order valence-corrected chi connectivity index (χ1v) is 6.56. The molecule has 5 nitrogen and oxygen atoms in total. The normalized spacial score (nSPS) is 20.3. The van der Waals surface area contributed by atoms with Gasteiger partial charge in [-0.3, -0.25) is 9.59 Å². The van der Waals surface area contributed by atoms with Crippen LogP contribution in [-0.2, 0) is 9.59 Å². The van der Waals surface area contributed by atoms with Crippen LogP contribution in [0.5, 0.6) is 0 Å². The van der Waals surface area contributed by atoms with E-state index in [1.165, 1.54) is 0 Å². The van der Waals surface area contributed by atoms with Gasteiger partial charge in [0.25, 0.3) is 0 Å². The average molecular weight is 256 g/mol. The Balaban J connectivity index is 2.41. The second-order valence-electron chi connectivity index (χ2n) is 5.69. The van der Waals surface area contributed by atoms with Gasteiger partial charge < -0.3 is 15.3 Å². The van der Waals surface area contributed by atoms with Crippen molar-refractivity contribution in [2.75, 3.05) is 26.2 Å². The fraction of sp³-hybridized carbons (Fsp3) is 0.846. The molecule has 0 radical (unpaired) electrons.